The van der Waals surface area contributed by atoms with Crippen molar-refractivity contribution in [1.82, 2.24) is 10.2 Å². The molecule has 1 aliphatic heterocycles. The number of halogens is 2. The van der Waals surface area contributed by atoms with Crippen molar-refractivity contribution in [2.24, 2.45) is 0 Å². The third-order valence-electron chi connectivity index (χ3n) is 6.96. The van der Waals surface area contributed by atoms with E-state index in [0.717, 1.165) is 37.0 Å². The van der Waals surface area contributed by atoms with Crippen LogP contribution in [0.15, 0.2) is 36.4 Å². The second-order valence-corrected chi connectivity index (χ2v) is 10.3. The Hall–Kier alpha value is -2.44. The maximum absolute atomic E-state index is 13.6. The van der Waals surface area contributed by atoms with Gasteiger partial charge in [-0.05, 0) is 55.5 Å². The van der Waals surface area contributed by atoms with Crippen molar-refractivity contribution in [2.45, 2.75) is 76.9 Å². The lowest BCUT2D eigenvalue weighted by Gasteiger charge is -2.33. The van der Waals surface area contributed by atoms with Crippen LogP contribution in [0.2, 0.25) is 10.0 Å². The fourth-order valence-corrected chi connectivity index (χ4v) is 5.47. The normalized spacial score (nSPS) is 16.3. The molecule has 0 aromatic heterocycles. The summed E-state index contributed by atoms with van der Waals surface area (Å²) in [5.41, 5.74) is 1.63. The fourth-order valence-electron chi connectivity index (χ4n) is 4.96. The van der Waals surface area contributed by atoms with Crippen LogP contribution in [0.4, 0.5) is 0 Å². The van der Waals surface area contributed by atoms with Crippen LogP contribution in [-0.2, 0) is 22.6 Å². The predicted octanol–water partition coefficient (Wildman–Crippen LogP) is 5.95. The van der Waals surface area contributed by atoms with Gasteiger partial charge in [0, 0.05) is 34.6 Å². The minimum Gasteiger partial charge on any atom is -0.486 e. The lowest BCUT2D eigenvalue weighted by atomic mass is 9.95. The number of carbonyl (C=O) groups excluding carboxylic acids is 2. The standard InChI is InChI=1S/C28H34Cl2N2O4/c1-2-24(28(34)31-20-7-4-3-5-8-20)32(18-21-22(29)9-6-10-23(21)30)27(33)14-12-19-11-13-25-26(17-19)36-16-15-35-25/h6,9-11,13,17,20,24H,2-5,7-8,12,14-16,18H2,1H3,(H,31,34)/t24-/m0/s1. The lowest BCUT2D eigenvalue weighted by molar-refractivity contribution is -0.141. The molecule has 194 valence electrons. The molecule has 4 rings (SSSR count). The van der Waals surface area contributed by atoms with E-state index in [9.17, 15) is 9.59 Å². The van der Waals surface area contributed by atoms with Crippen molar-refractivity contribution >= 4 is 35.0 Å². The first-order valence-electron chi connectivity index (χ1n) is 12.9. The lowest BCUT2D eigenvalue weighted by Crippen LogP contribution is -2.51. The monoisotopic (exact) mass is 532 g/mol. The second-order valence-electron chi connectivity index (χ2n) is 9.47. The van der Waals surface area contributed by atoms with Gasteiger partial charge in [0.25, 0.3) is 0 Å². The highest BCUT2D eigenvalue weighted by Gasteiger charge is 2.31. The number of nitrogens with one attached hydrogen (secondary N) is 1. The van der Waals surface area contributed by atoms with E-state index < -0.39 is 6.04 Å². The zero-order valence-electron chi connectivity index (χ0n) is 20.7. The third kappa shape index (κ3) is 6.65. The van der Waals surface area contributed by atoms with Gasteiger partial charge in [0.1, 0.15) is 19.3 Å². The van der Waals surface area contributed by atoms with E-state index in [4.69, 9.17) is 32.7 Å². The Labute approximate surface area is 223 Å². The number of ether oxygens (including phenoxy) is 2. The van der Waals surface area contributed by atoms with Gasteiger partial charge in [0.05, 0.1) is 0 Å². The Balaban J connectivity index is 1.52. The number of fused-ring (bicyclic) bond motifs is 1. The van der Waals surface area contributed by atoms with Crippen molar-refractivity contribution in [3.8, 4) is 11.5 Å². The van der Waals surface area contributed by atoms with E-state index >= 15 is 0 Å². The number of benzene rings is 2. The van der Waals surface area contributed by atoms with Crippen LogP contribution < -0.4 is 14.8 Å². The van der Waals surface area contributed by atoms with Crippen LogP contribution in [0.1, 0.15) is 63.0 Å². The number of hydrogen-bond acceptors (Lipinski definition) is 4. The van der Waals surface area contributed by atoms with E-state index in [1.807, 2.05) is 25.1 Å². The van der Waals surface area contributed by atoms with Crippen LogP contribution in [-0.4, -0.2) is 42.0 Å². The topological polar surface area (TPSA) is 67.9 Å². The molecule has 1 fully saturated rings. The highest BCUT2D eigenvalue weighted by atomic mass is 35.5. The van der Waals surface area contributed by atoms with E-state index in [1.165, 1.54) is 6.42 Å². The van der Waals surface area contributed by atoms with Gasteiger partial charge in [-0.1, -0.05) is 61.5 Å². The zero-order valence-corrected chi connectivity index (χ0v) is 22.2. The Kier molecular flexibility index (Phi) is 9.38. The molecule has 1 N–H and O–H groups in total. The Morgan fingerprint density at radius 3 is 2.42 bits per heavy atom. The summed E-state index contributed by atoms with van der Waals surface area (Å²) in [5.74, 6) is 1.19. The molecule has 8 heteroatoms. The van der Waals surface area contributed by atoms with Gasteiger partial charge >= 0.3 is 0 Å². The average Bonchev–Trinajstić information content (AvgIpc) is 2.89. The van der Waals surface area contributed by atoms with Crippen molar-refractivity contribution in [1.29, 1.82) is 0 Å². The Morgan fingerprint density at radius 1 is 1.03 bits per heavy atom. The molecule has 2 aliphatic rings. The first-order valence-corrected chi connectivity index (χ1v) is 13.6. The van der Waals surface area contributed by atoms with Gasteiger partial charge in [-0.2, -0.15) is 0 Å². The maximum atomic E-state index is 13.6. The van der Waals surface area contributed by atoms with E-state index in [1.54, 1.807) is 23.1 Å². The molecular weight excluding hydrogens is 499 g/mol. The summed E-state index contributed by atoms with van der Waals surface area (Å²) in [4.78, 5) is 28.7. The molecule has 0 bridgehead atoms. The summed E-state index contributed by atoms with van der Waals surface area (Å²) in [6, 6.07) is 10.6. The molecule has 6 nitrogen and oxygen atoms in total. The summed E-state index contributed by atoms with van der Waals surface area (Å²) in [6.45, 7) is 3.15. The van der Waals surface area contributed by atoms with Crippen molar-refractivity contribution in [3.05, 3.63) is 57.6 Å². The number of nitrogens with zero attached hydrogens (tertiary/aromatic N) is 1. The number of hydrogen-bond donors (Lipinski definition) is 1. The van der Waals surface area contributed by atoms with Gasteiger partial charge in [-0.15, -0.1) is 0 Å². The second kappa shape index (κ2) is 12.7. The molecule has 36 heavy (non-hydrogen) atoms. The summed E-state index contributed by atoms with van der Waals surface area (Å²) in [5, 5.41) is 4.16. The SMILES string of the molecule is CC[C@@H](C(=O)NC1CCCCC1)N(Cc1c(Cl)cccc1Cl)C(=O)CCc1ccc2c(c1)OCCO2. The molecular formula is C28H34Cl2N2O4. The molecule has 2 aromatic rings. The number of aryl methyl sites for hydroxylation is 1. The molecule has 1 aliphatic carbocycles. The maximum Gasteiger partial charge on any atom is 0.243 e. The molecule has 0 radical (unpaired) electrons. The quantitative estimate of drug-likeness (QED) is 0.433. The zero-order chi connectivity index (χ0) is 25.5. The molecule has 0 saturated heterocycles. The Morgan fingerprint density at radius 2 is 1.72 bits per heavy atom. The number of amides is 2. The first-order chi connectivity index (χ1) is 17.5. The fraction of sp³-hybridized carbons (Fsp3) is 0.500. The van der Waals surface area contributed by atoms with Gasteiger partial charge in [-0.3, -0.25) is 9.59 Å². The van der Waals surface area contributed by atoms with Crippen molar-refractivity contribution in [3.63, 3.8) is 0 Å². The molecule has 1 saturated carbocycles. The Bertz CT molecular complexity index is 1050. The summed E-state index contributed by atoms with van der Waals surface area (Å²) < 4.78 is 11.3. The molecule has 1 atom stereocenters. The third-order valence-corrected chi connectivity index (χ3v) is 7.67. The smallest absolute Gasteiger partial charge is 0.243 e. The van der Waals surface area contributed by atoms with Gasteiger partial charge < -0.3 is 19.7 Å². The van der Waals surface area contributed by atoms with Crippen molar-refractivity contribution in [2.75, 3.05) is 13.2 Å². The van der Waals surface area contributed by atoms with Gasteiger partial charge in [-0.25, -0.2) is 0 Å². The molecule has 2 aromatic carbocycles. The predicted molar refractivity (Wildman–Crippen MR) is 142 cm³/mol. The largest absolute Gasteiger partial charge is 0.486 e. The van der Waals surface area contributed by atoms with Gasteiger partial charge in [0.15, 0.2) is 11.5 Å². The number of rotatable bonds is 9. The first kappa shape index (κ1) is 26.6. The molecule has 1 heterocycles. The average molecular weight is 533 g/mol. The summed E-state index contributed by atoms with van der Waals surface area (Å²) >= 11 is 12.9. The van der Waals surface area contributed by atoms with Crippen LogP contribution >= 0.6 is 23.2 Å². The summed E-state index contributed by atoms with van der Waals surface area (Å²) in [6.07, 6.45) is 6.67. The van der Waals surface area contributed by atoms with E-state index in [2.05, 4.69) is 5.32 Å². The van der Waals surface area contributed by atoms with Crippen molar-refractivity contribution < 1.29 is 19.1 Å². The van der Waals surface area contributed by atoms with E-state index in [0.29, 0.717) is 47.4 Å². The van der Waals surface area contributed by atoms with Crippen LogP contribution in [0.3, 0.4) is 0 Å². The number of carbonyl (C=O) groups is 2. The minimum atomic E-state index is -0.605. The van der Waals surface area contributed by atoms with Crippen LogP contribution in [0.25, 0.3) is 0 Å². The van der Waals surface area contributed by atoms with Crippen LogP contribution in [0.5, 0.6) is 11.5 Å². The van der Waals surface area contributed by atoms with Crippen LogP contribution in [0, 0.1) is 0 Å². The highest BCUT2D eigenvalue weighted by molar-refractivity contribution is 6.36. The minimum absolute atomic E-state index is 0.111. The van der Waals surface area contributed by atoms with E-state index in [-0.39, 0.29) is 30.8 Å². The summed E-state index contributed by atoms with van der Waals surface area (Å²) in [7, 11) is 0. The van der Waals surface area contributed by atoms with Gasteiger partial charge in [0.2, 0.25) is 11.8 Å². The molecule has 0 spiro atoms. The molecule has 0 unspecified atom stereocenters. The highest BCUT2D eigenvalue weighted by Crippen LogP contribution is 2.32. The molecule has 2 amide bonds.